The SMILES string of the molecule is COC(=O)C(F)C(=O)c1cc(Br)cc(Br)c1. The summed E-state index contributed by atoms with van der Waals surface area (Å²) in [7, 11) is 1.03. The number of methoxy groups -OCH3 is 1. The highest BCUT2D eigenvalue weighted by molar-refractivity contribution is 9.11. The van der Waals surface area contributed by atoms with Crippen LogP contribution in [0.1, 0.15) is 10.4 Å². The van der Waals surface area contributed by atoms with E-state index in [-0.39, 0.29) is 5.56 Å². The van der Waals surface area contributed by atoms with Crippen LogP contribution >= 0.6 is 31.9 Å². The van der Waals surface area contributed by atoms with Crippen molar-refractivity contribution in [2.24, 2.45) is 0 Å². The molecule has 0 aliphatic carbocycles. The van der Waals surface area contributed by atoms with Crippen LogP contribution in [0.4, 0.5) is 4.39 Å². The Bertz CT molecular complexity index is 414. The Morgan fingerprint density at radius 3 is 2.19 bits per heavy atom. The molecule has 1 atom stereocenters. The van der Waals surface area contributed by atoms with Gasteiger partial charge in [0.15, 0.2) is 0 Å². The van der Waals surface area contributed by atoms with Crippen LogP contribution in [-0.2, 0) is 9.53 Å². The first-order valence-corrected chi connectivity index (χ1v) is 5.76. The highest BCUT2D eigenvalue weighted by Crippen LogP contribution is 2.21. The number of carbonyl (C=O) groups is 2. The summed E-state index contributed by atoms with van der Waals surface area (Å²) in [4.78, 5) is 22.4. The molecule has 0 radical (unpaired) electrons. The molecule has 0 saturated heterocycles. The number of benzene rings is 1. The molecule has 0 fully saturated rings. The first-order chi connectivity index (χ1) is 7.45. The summed E-state index contributed by atoms with van der Waals surface area (Å²) >= 11 is 6.33. The van der Waals surface area contributed by atoms with E-state index in [1.807, 2.05) is 0 Å². The molecule has 1 rings (SSSR count). The second kappa shape index (κ2) is 5.54. The molecular formula is C10H7Br2FO3. The minimum Gasteiger partial charge on any atom is -0.467 e. The van der Waals surface area contributed by atoms with Gasteiger partial charge in [0.2, 0.25) is 5.78 Å². The van der Waals surface area contributed by atoms with Crippen molar-refractivity contribution in [1.29, 1.82) is 0 Å². The number of ether oxygens (including phenoxy) is 1. The Morgan fingerprint density at radius 2 is 1.75 bits per heavy atom. The quantitative estimate of drug-likeness (QED) is 0.476. The number of alkyl halides is 1. The van der Waals surface area contributed by atoms with Gasteiger partial charge in [-0.1, -0.05) is 31.9 Å². The normalized spacial score (nSPS) is 12.0. The summed E-state index contributed by atoms with van der Waals surface area (Å²) in [6, 6.07) is 4.56. The van der Waals surface area contributed by atoms with Gasteiger partial charge < -0.3 is 4.74 Å². The van der Waals surface area contributed by atoms with Crippen molar-refractivity contribution in [2.45, 2.75) is 6.17 Å². The summed E-state index contributed by atoms with van der Waals surface area (Å²) in [5.41, 5.74) is 0.0964. The molecule has 6 heteroatoms. The van der Waals surface area contributed by atoms with Gasteiger partial charge >= 0.3 is 5.97 Å². The van der Waals surface area contributed by atoms with Crippen molar-refractivity contribution in [3.63, 3.8) is 0 Å². The minimum atomic E-state index is -2.29. The van der Waals surface area contributed by atoms with Crippen LogP contribution in [0.3, 0.4) is 0 Å². The highest BCUT2D eigenvalue weighted by atomic mass is 79.9. The fraction of sp³-hybridized carbons (Fsp3) is 0.200. The summed E-state index contributed by atoms with van der Waals surface area (Å²) in [6.07, 6.45) is -2.29. The van der Waals surface area contributed by atoms with Crippen LogP contribution in [0.15, 0.2) is 27.1 Å². The molecule has 1 aromatic rings. The predicted octanol–water partition coefficient (Wildman–Crippen LogP) is 2.91. The molecule has 0 bridgehead atoms. The van der Waals surface area contributed by atoms with Crippen molar-refractivity contribution < 1.29 is 18.7 Å². The van der Waals surface area contributed by atoms with Crippen LogP contribution in [0, 0.1) is 0 Å². The van der Waals surface area contributed by atoms with E-state index in [1.54, 1.807) is 6.07 Å². The first kappa shape index (κ1) is 13.3. The topological polar surface area (TPSA) is 43.4 Å². The predicted molar refractivity (Wildman–Crippen MR) is 63.1 cm³/mol. The maximum atomic E-state index is 13.3. The third-order valence-corrected chi connectivity index (χ3v) is 2.70. The van der Waals surface area contributed by atoms with Gasteiger partial charge in [0.1, 0.15) is 0 Å². The van der Waals surface area contributed by atoms with Crippen molar-refractivity contribution in [2.75, 3.05) is 7.11 Å². The van der Waals surface area contributed by atoms with Crippen molar-refractivity contribution in [3.8, 4) is 0 Å². The van der Waals surface area contributed by atoms with Crippen molar-refractivity contribution >= 4 is 43.6 Å². The molecule has 0 heterocycles. The number of halogens is 3. The first-order valence-electron chi connectivity index (χ1n) is 4.18. The number of hydrogen-bond donors (Lipinski definition) is 0. The average molecular weight is 354 g/mol. The Labute approximate surface area is 108 Å². The molecule has 0 N–H and O–H groups in total. The summed E-state index contributed by atoms with van der Waals surface area (Å²) in [6.45, 7) is 0. The highest BCUT2D eigenvalue weighted by Gasteiger charge is 2.28. The Balaban J connectivity index is 3.00. The molecule has 0 spiro atoms. The molecule has 86 valence electrons. The Hall–Kier alpha value is -0.750. The fourth-order valence-corrected chi connectivity index (χ4v) is 2.35. The largest absolute Gasteiger partial charge is 0.467 e. The second-order valence-electron chi connectivity index (χ2n) is 2.91. The Morgan fingerprint density at radius 1 is 1.25 bits per heavy atom. The average Bonchev–Trinajstić information content (AvgIpc) is 2.24. The third-order valence-electron chi connectivity index (χ3n) is 1.79. The lowest BCUT2D eigenvalue weighted by Crippen LogP contribution is -2.26. The van der Waals surface area contributed by atoms with Gasteiger partial charge in [-0.2, -0.15) is 0 Å². The van der Waals surface area contributed by atoms with Crippen LogP contribution in [0.25, 0.3) is 0 Å². The van der Waals surface area contributed by atoms with Crippen molar-refractivity contribution in [3.05, 3.63) is 32.7 Å². The molecule has 1 unspecified atom stereocenters. The summed E-state index contributed by atoms with van der Waals surface area (Å²) < 4.78 is 18.7. The van der Waals surface area contributed by atoms with E-state index < -0.39 is 17.9 Å². The van der Waals surface area contributed by atoms with E-state index in [1.165, 1.54) is 12.1 Å². The molecular weight excluding hydrogens is 347 g/mol. The molecule has 3 nitrogen and oxygen atoms in total. The lowest BCUT2D eigenvalue weighted by atomic mass is 10.1. The van der Waals surface area contributed by atoms with Gasteiger partial charge in [-0.25, -0.2) is 9.18 Å². The number of carbonyl (C=O) groups excluding carboxylic acids is 2. The molecule has 0 amide bonds. The van der Waals surface area contributed by atoms with Gasteiger partial charge in [0, 0.05) is 14.5 Å². The molecule has 0 aliphatic rings. The van der Waals surface area contributed by atoms with E-state index in [0.717, 1.165) is 7.11 Å². The van der Waals surface area contributed by atoms with Gasteiger partial charge in [0.05, 0.1) is 7.11 Å². The standard InChI is InChI=1S/C10H7Br2FO3/c1-16-10(15)8(13)9(14)5-2-6(11)4-7(12)3-5/h2-4,8H,1H3. The molecule has 0 saturated carbocycles. The van der Waals surface area contributed by atoms with E-state index >= 15 is 0 Å². The zero-order chi connectivity index (χ0) is 12.3. The van der Waals surface area contributed by atoms with Crippen molar-refractivity contribution in [1.82, 2.24) is 0 Å². The number of esters is 1. The van der Waals surface area contributed by atoms with Crippen LogP contribution in [0.5, 0.6) is 0 Å². The lowest BCUT2D eigenvalue weighted by Gasteiger charge is -2.06. The maximum absolute atomic E-state index is 13.3. The molecule has 1 aromatic carbocycles. The zero-order valence-electron chi connectivity index (χ0n) is 8.17. The van der Waals surface area contributed by atoms with E-state index in [4.69, 9.17) is 0 Å². The Kier molecular flexibility index (Phi) is 4.61. The number of hydrogen-bond acceptors (Lipinski definition) is 3. The van der Waals surface area contributed by atoms with Crippen LogP contribution in [-0.4, -0.2) is 25.0 Å². The van der Waals surface area contributed by atoms with E-state index in [2.05, 4.69) is 36.6 Å². The molecule has 0 aromatic heterocycles. The zero-order valence-corrected chi connectivity index (χ0v) is 11.3. The van der Waals surface area contributed by atoms with Gasteiger partial charge in [0.25, 0.3) is 6.17 Å². The van der Waals surface area contributed by atoms with Gasteiger partial charge in [-0.05, 0) is 18.2 Å². The van der Waals surface area contributed by atoms with Crippen LogP contribution < -0.4 is 0 Å². The number of Topliss-reactive ketones (excluding diaryl/α,β-unsaturated/α-hetero) is 1. The third kappa shape index (κ3) is 3.12. The molecule has 0 aliphatic heterocycles. The molecule has 16 heavy (non-hydrogen) atoms. The summed E-state index contributed by atoms with van der Waals surface area (Å²) in [5, 5.41) is 0. The summed E-state index contributed by atoms with van der Waals surface area (Å²) in [5.74, 6) is -2.12. The fourth-order valence-electron chi connectivity index (χ4n) is 1.05. The van der Waals surface area contributed by atoms with Gasteiger partial charge in [-0.3, -0.25) is 4.79 Å². The minimum absolute atomic E-state index is 0.0964. The van der Waals surface area contributed by atoms with Gasteiger partial charge in [-0.15, -0.1) is 0 Å². The maximum Gasteiger partial charge on any atom is 0.348 e. The lowest BCUT2D eigenvalue weighted by molar-refractivity contribution is -0.144. The number of ketones is 1. The number of rotatable bonds is 3. The van der Waals surface area contributed by atoms with E-state index in [9.17, 15) is 14.0 Å². The monoisotopic (exact) mass is 352 g/mol. The smallest absolute Gasteiger partial charge is 0.348 e. The van der Waals surface area contributed by atoms with Crippen LogP contribution in [0.2, 0.25) is 0 Å². The second-order valence-corrected chi connectivity index (χ2v) is 4.74. The van der Waals surface area contributed by atoms with E-state index in [0.29, 0.717) is 8.95 Å².